The van der Waals surface area contributed by atoms with Gasteiger partial charge in [0.1, 0.15) is 29.9 Å². The van der Waals surface area contributed by atoms with Crippen molar-refractivity contribution >= 4 is 29.5 Å². The average molecular weight is 683 g/mol. The molecule has 0 spiro atoms. The molecule has 1 aliphatic heterocycles. The van der Waals surface area contributed by atoms with Gasteiger partial charge < -0.3 is 37.8 Å². The van der Waals surface area contributed by atoms with Gasteiger partial charge in [-0.3, -0.25) is 24.0 Å². The van der Waals surface area contributed by atoms with E-state index in [1.165, 1.54) is 0 Å². The van der Waals surface area contributed by atoms with E-state index in [0.717, 1.165) is 27.8 Å². The van der Waals surface area contributed by atoms with E-state index < -0.39 is 59.7 Å². The molecule has 3 aromatic carbocycles. The molecular formula is C38H46N6O6. The first-order chi connectivity index (χ1) is 23.9. The lowest BCUT2D eigenvalue weighted by Gasteiger charge is -2.26. The minimum Gasteiger partial charge on any atom is -0.508 e. The summed E-state index contributed by atoms with van der Waals surface area (Å²) in [7, 11) is 0. The van der Waals surface area contributed by atoms with Crippen LogP contribution in [0.5, 0.6) is 5.75 Å². The molecule has 4 rings (SSSR count). The molecule has 5 atom stereocenters. The van der Waals surface area contributed by atoms with Crippen molar-refractivity contribution in [1.82, 2.24) is 21.3 Å². The van der Waals surface area contributed by atoms with E-state index in [-0.39, 0.29) is 37.9 Å². The molecule has 1 heterocycles. The molecule has 264 valence electrons. The number of primary amides is 1. The Labute approximate surface area is 292 Å². The second kappa shape index (κ2) is 17.8. The normalized spacial score (nSPS) is 21.7. The van der Waals surface area contributed by atoms with Crippen molar-refractivity contribution in [3.05, 3.63) is 113 Å². The lowest BCUT2D eigenvalue weighted by atomic mass is 9.95. The number of benzene rings is 3. The monoisotopic (exact) mass is 682 g/mol. The van der Waals surface area contributed by atoms with Crippen LogP contribution in [-0.2, 0) is 43.2 Å². The summed E-state index contributed by atoms with van der Waals surface area (Å²) in [5, 5.41) is 21.0. The molecule has 0 aromatic heterocycles. The van der Waals surface area contributed by atoms with E-state index in [1.807, 2.05) is 74.5 Å². The number of nitrogens with one attached hydrogen (secondary N) is 4. The summed E-state index contributed by atoms with van der Waals surface area (Å²) < 4.78 is 0. The van der Waals surface area contributed by atoms with Crippen LogP contribution in [0.2, 0.25) is 0 Å². The van der Waals surface area contributed by atoms with E-state index in [9.17, 15) is 29.1 Å². The summed E-state index contributed by atoms with van der Waals surface area (Å²) in [5.41, 5.74) is 15.9. The van der Waals surface area contributed by atoms with E-state index in [0.29, 0.717) is 6.42 Å². The van der Waals surface area contributed by atoms with Gasteiger partial charge in [0.05, 0.1) is 6.04 Å². The molecule has 0 bridgehead atoms. The van der Waals surface area contributed by atoms with Crippen LogP contribution < -0.4 is 32.7 Å². The zero-order valence-electron chi connectivity index (χ0n) is 28.4. The number of nitrogens with two attached hydrogens (primary N) is 2. The smallest absolute Gasteiger partial charge is 0.243 e. The summed E-state index contributed by atoms with van der Waals surface area (Å²) >= 11 is 0. The summed E-state index contributed by atoms with van der Waals surface area (Å²) in [6.45, 7) is 3.64. The highest BCUT2D eigenvalue weighted by atomic mass is 16.3. The van der Waals surface area contributed by atoms with Crippen molar-refractivity contribution in [2.24, 2.45) is 11.5 Å². The molecule has 5 amide bonds. The first kappa shape index (κ1) is 37.3. The standard InChI is InChI=1S/C38H46N6O6/c1-23-18-27(45)19-24(2)28(23)22-29(39)35(47)42-31-17-11-5-10-16-30(34(40)46)41-37(49)32(20-25-12-6-3-7-13-25)44-38(50)33(43-36(31)48)21-26-14-8-4-9-15-26/h3-9,11-15,18-19,29-33,45H,10,16-17,20-22,39H2,1-2H3,(H2,40,46)(H,41,49)(H,42,47)(H,43,48)(H,44,50)/b11-5+/t29-,30-,31+,32-,33-/m0/s1. The van der Waals surface area contributed by atoms with Crippen molar-refractivity contribution in [2.75, 3.05) is 0 Å². The number of aryl methyl sites for hydroxylation is 2. The number of amides is 5. The zero-order valence-corrected chi connectivity index (χ0v) is 28.4. The van der Waals surface area contributed by atoms with Crippen LogP contribution in [-0.4, -0.2) is 64.9 Å². The third-order valence-corrected chi connectivity index (χ3v) is 8.73. The Balaban J connectivity index is 1.63. The first-order valence-corrected chi connectivity index (χ1v) is 16.7. The Morgan fingerprint density at radius 3 is 1.88 bits per heavy atom. The number of carbonyl (C=O) groups excluding carboxylic acids is 5. The number of carbonyl (C=O) groups is 5. The predicted molar refractivity (Wildman–Crippen MR) is 189 cm³/mol. The zero-order chi connectivity index (χ0) is 36.2. The Hall–Kier alpha value is -5.49. The molecule has 9 N–H and O–H groups in total. The average Bonchev–Trinajstić information content (AvgIpc) is 3.08. The van der Waals surface area contributed by atoms with E-state index in [2.05, 4.69) is 21.3 Å². The van der Waals surface area contributed by atoms with Crippen LogP contribution in [0.4, 0.5) is 0 Å². The molecule has 0 unspecified atom stereocenters. The van der Waals surface area contributed by atoms with Gasteiger partial charge in [-0.2, -0.15) is 0 Å². The van der Waals surface area contributed by atoms with Gasteiger partial charge in [0.2, 0.25) is 29.5 Å². The van der Waals surface area contributed by atoms with Crippen molar-refractivity contribution in [1.29, 1.82) is 0 Å². The topological polar surface area (TPSA) is 206 Å². The van der Waals surface area contributed by atoms with Crippen LogP contribution >= 0.6 is 0 Å². The predicted octanol–water partition coefficient (Wildman–Crippen LogP) is 1.53. The van der Waals surface area contributed by atoms with E-state index >= 15 is 0 Å². The van der Waals surface area contributed by atoms with Crippen molar-refractivity contribution in [2.45, 2.75) is 82.6 Å². The third-order valence-electron chi connectivity index (χ3n) is 8.73. The minimum atomic E-state index is -1.13. The SMILES string of the molecule is Cc1cc(O)cc(C)c1C[C@H](N)C(=O)N[C@@H]1C/C=C/CC[C@@H](C(N)=O)NC(=O)[C@H](Cc2ccccc2)NC(=O)[C@H](Cc2ccccc2)NC1=O. The van der Waals surface area contributed by atoms with Crippen LogP contribution in [0, 0.1) is 13.8 Å². The largest absolute Gasteiger partial charge is 0.508 e. The number of hydrogen-bond acceptors (Lipinski definition) is 7. The first-order valence-electron chi connectivity index (χ1n) is 16.7. The van der Waals surface area contributed by atoms with Gasteiger partial charge in [0, 0.05) is 12.8 Å². The molecular weight excluding hydrogens is 636 g/mol. The number of aromatic hydroxyl groups is 1. The Kier molecular flexibility index (Phi) is 13.3. The van der Waals surface area contributed by atoms with Crippen LogP contribution in [0.15, 0.2) is 84.9 Å². The van der Waals surface area contributed by atoms with Gasteiger partial charge in [-0.1, -0.05) is 72.8 Å². The molecule has 12 nitrogen and oxygen atoms in total. The second-order valence-electron chi connectivity index (χ2n) is 12.7. The number of phenols is 1. The second-order valence-corrected chi connectivity index (χ2v) is 12.7. The quantitative estimate of drug-likeness (QED) is 0.166. The number of hydrogen-bond donors (Lipinski definition) is 7. The minimum absolute atomic E-state index is 0.0610. The molecule has 12 heteroatoms. The Morgan fingerprint density at radius 1 is 0.820 bits per heavy atom. The van der Waals surface area contributed by atoms with Gasteiger partial charge in [-0.25, -0.2) is 0 Å². The maximum Gasteiger partial charge on any atom is 0.243 e. The fraction of sp³-hybridized carbons (Fsp3) is 0.342. The summed E-state index contributed by atoms with van der Waals surface area (Å²) in [4.78, 5) is 67.1. The fourth-order valence-corrected chi connectivity index (χ4v) is 5.95. The van der Waals surface area contributed by atoms with Crippen LogP contribution in [0.3, 0.4) is 0 Å². The van der Waals surface area contributed by atoms with Gasteiger partial charge in [-0.15, -0.1) is 0 Å². The lowest BCUT2D eigenvalue weighted by molar-refractivity contribution is -0.134. The van der Waals surface area contributed by atoms with Gasteiger partial charge in [0.15, 0.2) is 0 Å². The van der Waals surface area contributed by atoms with Crippen molar-refractivity contribution < 1.29 is 29.1 Å². The van der Waals surface area contributed by atoms with Gasteiger partial charge >= 0.3 is 0 Å². The molecule has 0 fully saturated rings. The number of allylic oxidation sites excluding steroid dienone is 1. The third kappa shape index (κ3) is 10.8. The molecule has 0 saturated heterocycles. The molecule has 50 heavy (non-hydrogen) atoms. The van der Waals surface area contributed by atoms with Gasteiger partial charge in [0.25, 0.3) is 0 Å². The number of rotatable bonds is 9. The maximum absolute atomic E-state index is 14.0. The molecule has 0 radical (unpaired) electrons. The molecule has 0 saturated carbocycles. The Bertz CT molecular complexity index is 1670. The van der Waals surface area contributed by atoms with E-state index in [1.54, 1.807) is 24.3 Å². The molecule has 0 aliphatic carbocycles. The summed E-state index contributed by atoms with van der Waals surface area (Å²) in [6.07, 6.45) is 4.39. The summed E-state index contributed by atoms with van der Waals surface area (Å²) in [6, 6.07) is 16.0. The highest BCUT2D eigenvalue weighted by molar-refractivity contribution is 5.96. The van der Waals surface area contributed by atoms with Crippen molar-refractivity contribution in [3.8, 4) is 5.75 Å². The number of phenolic OH excluding ortho intramolecular Hbond substituents is 1. The molecule has 3 aromatic rings. The summed E-state index contributed by atoms with van der Waals surface area (Å²) in [5.74, 6) is -3.01. The highest BCUT2D eigenvalue weighted by Crippen LogP contribution is 2.22. The fourth-order valence-electron chi connectivity index (χ4n) is 5.95. The highest BCUT2D eigenvalue weighted by Gasteiger charge is 2.32. The van der Waals surface area contributed by atoms with E-state index in [4.69, 9.17) is 11.5 Å². The van der Waals surface area contributed by atoms with Gasteiger partial charge in [-0.05, 0) is 79.5 Å². The lowest BCUT2D eigenvalue weighted by Crippen LogP contribution is -2.59. The van der Waals surface area contributed by atoms with Crippen molar-refractivity contribution in [3.63, 3.8) is 0 Å². The Morgan fingerprint density at radius 2 is 1.34 bits per heavy atom. The maximum atomic E-state index is 14.0. The van der Waals surface area contributed by atoms with Crippen LogP contribution in [0.25, 0.3) is 0 Å². The molecule has 1 aliphatic rings. The van der Waals surface area contributed by atoms with Crippen LogP contribution in [0.1, 0.15) is 47.1 Å².